The molecule has 2 aromatic carbocycles. The zero-order valence-electron chi connectivity index (χ0n) is 16.3. The number of ether oxygens (including phenoxy) is 1. The maximum absolute atomic E-state index is 12.8. The Labute approximate surface area is 183 Å². The van der Waals surface area contributed by atoms with Crippen LogP contribution in [0, 0.1) is 0 Å². The third-order valence-corrected chi connectivity index (χ3v) is 5.58. The summed E-state index contributed by atoms with van der Waals surface area (Å²) in [7, 11) is 1.63. The Bertz CT molecular complexity index is 1030. The predicted octanol–water partition coefficient (Wildman–Crippen LogP) is 2.94. The molecule has 0 aliphatic carbocycles. The Morgan fingerprint density at radius 1 is 1.07 bits per heavy atom. The van der Waals surface area contributed by atoms with Crippen LogP contribution in [0.3, 0.4) is 0 Å². The van der Waals surface area contributed by atoms with Gasteiger partial charge in [-0.2, -0.15) is 4.68 Å². The van der Waals surface area contributed by atoms with Crippen molar-refractivity contribution in [2.24, 2.45) is 0 Å². The fourth-order valence-corrected chi connectivity index (χ4v) is 3.86. The van der Waals surface area contributed by atoms with Gasteiger partial charge in [-0.25, -0.2) is 0 Å². The summed E-state index contributed by atoms with van der Waals surface area (Å²) in [5.41, 5.74) is 1.33. The third kappa shape index (κ3) is 4.40. The number of tetrazole rings is 1. The molecule has 0 saturated carbocycles. The van der Waals surface area contributed by atoms with Gasteiger partial charge in [0.25, 0.3) is 5.91 Å². The molecule has 2 heterocycles. The molecule has 30 heavy (non-hydrogen) atoms. The minimum atomic E-state index is -0.0839. The van der Waals surface area contributed by atoms with Crippen molar-refractivity contribution in [3.05, 3.63) is 63.9 Å². The molecule has 10 heteroatoms. The van der Waals surface area contributed by atoms with Crippen molar-refractivity contribution >= 4 is 29.1 Å². The van der Waals surface area contributed by atoms with Crippen molar-refractivity contribution in [3.8, 4) is 11.4 Å². The van der Waals surface area contributed by atoms with E-state index in [2.05, 4.69) is 20.4 Å². The first kappa shape index (κ1) is 20.6. The zero-order valence-corrected chi connectivity index (χ0v) is 17.8. The molecule has 0 radical (unpaired) electrons. The molecule has 4 rings (SSSR count). The first-order valence-electron chi connectivity index (χ1n) is 9.43. The van der Waals surface area contributed by atoms with Gasteiger partial charge < -0.3 is 9.64 Å². The van der Waals surface area contributed by atoms with Gasteiger partial charge in [-0.1, -0.05) is 23.2 Å². The second-order valence-corrected chi connectivity index (χ2v) is 7.74. The molecular weight excluding hydrogens is 427 g/mol. The van der Waals surface area contributed by atoms with Gasteiger partial charge in [0.1, 0.15) is 5.75 Å². The van der Waals surface area contributed by atoms with Crippen LogP contribution >= 0.6 is 23.2 Å². The highest BCUT2D eigenvalue weighted by Crippen LogP contribution is 2.23. The van der Waals surface area contributed by atoms with E-state index in [1.807, 2.05) is 24.3 Å². The number of piperazine rings is 1. The monoisotopic (exact) mass is 446 g/mol. The smallest absolute Gasteiger partial charge is 0.255 e. The van der Waals surface area contributed by atoms with Gasteiger partial charge >= 0.3 is 0 Å². The summed E-state index contributed by atoms with van der Waals surface area (Å²) < 4.78 is 6.91. The van der Waals surface area contributed by atoms with Gasteiger partial charge in [-0.05, 0) is 52.9 Å². The number of hydrogen-bond donors (Lipinski definition) is 0. The molecule has 0 atom stereocenters. The van der Waals surface area contributed by atoms with E-state index < -0.39 is 0 Å². The van der Waals surface area contributed by atoms with E-state index in [9.17, 15) is 4.79 Å². The standard InChI is InChI=1S/C20H20Cl2N6O2/c1-30-16-5-3-15(4-6-16)28-19(23-24-25-28)13-26-8-10-27(11-9-26)20(29)17-7-2-14(21)12-18(17)22/h2-7,12H,8-11,13H2,1H3. The van der Waals surface area contributed by atoms with Crippen LogP contribution in [0.4, 0.5) is 0 Å². The minimum Gasteiger partial charge on any atom is -0.497 e. The number of benzene rings is 2. The molecule has 8 nitrogen and oxygen atoms in total. The highest BCUT2D eigenvalue weighted by atomic mass is 35.5. The number of carbonyl (C=O) groups excluding carboxylic acids is 1. The van der Waals surface area contributed by atoms with Crippen LogP contribution < -0.4 is 4.74 Å². The van der Waals surface area contributed by atoms with E-state index in [-0.39, 0.29) is 5.91 Å². The Morgan fingerprint density at radius 3 is 2.47 bits per heavy atom. The van der Waals surface area contributed by atoms with E-state index in [4.69, 9.17) is 27.9 Å². The van der Waals surface area contributed by atoms with Crippen LogP contribution in [-0.2, 0) is 6.54 Å². The Hall–Kier alpha value is -2.68. The summed E-state index contributed by atoms with van der Waals surface area (Å²) in [6.07, 6.45) is 0. The highest BCUT2D eigenvalue weighted by Gasteiger charge is 2.25. The molecule has 0 N–H and O–H groups in total. The molecule has 1 aliphatic rings. The second-order valence-electron chi connectivity index (χ2n) is 6.90. The quantitative estimate of drug-likeness (QED) is 0.599. The van der Waals surface area contributed by atoms with E-state index in [1.165, 1.54) is 0 Å². The average Bonchev–Trinajstić information content (AvgIpc) is 3.22. The summed E-state index contributed by atoms with van der Waals surface area (Å²) >= 11 is 12.1. The summed E-state index contributed by atoms with van der Waals surface area (Å²) in [5, 5.41) is 13.0. The van der Waals surface area contributed by atoms with Crippen LogP contribution in [0.2, 0.25) is 10.0 Å². The molecule has 1 aliphatic heterocycles. The van der Waals surface area contributed by atoms with Gasteiger partial charge in [0, 0.05) is 31.2 Å². The Balaban J connectivity index is 1.38. The Kier molecular flexibility index (Phi) is 6.17. The van der Waals surface area contributed by atoms with E-state index in [0.717, 1.165) is 17.3 Å². The first-order chi connectivity index (χ1) is 14.5. The van der Waals surface area contributed by atoms with Crippen molar-refractivity contribution in [3.63, 3.8) is 0 Å². The van der Waals surface area contributed by atoms with Crippen molar-refractivity contribution in [2.45, 2.75) is 6.54 Å². The van der Waals surface area contributed by atoms with Crippen LogP contribution in [0.15, 0.2) is 42.5 Å². The highest BCUT2D eigenvalue weighted by molar-refractivity contribution is 6.36. The fourth-order valence-electron chi connectivity index (χ4n) is 3.37. The van der Waals surface area contributed by atoms with Crippen LogP contribution in [0.5, 0.6) is 5.75 Å². The third-order valence-electron chi connectivity index (χ3n) is 5.04. The van der Waals surface area contributed by atoms with E-state index in [1.54, 1.807) is 34.9 Å². The van der Waals surface area contributed by atoms with Gasteiger partial charge in [0.2, 0.25) is 0 Å². The zero-order chi connectivity index (χ0) is 21.1. The topological polar surface area (TPSA) is 76.4 Å². The SMILES string of the molecule is COc1ccc(-n2nnnc2CN2CCN(C(=O)c3ccc(Cl)cc3Cl)CC2)cc1. The lowest BCUT2D eigenvalue weighted by molar-refractivity contribution is 0.0624. The number of nitrogens with zero attached hydrogens (tertiary/aromatic N) is 6. The van der Waals surface area contributed by atoms with Crippen molar-refractivity contribution < 1.29 is 9.53 Å². The van der Waals surface area contributed by atoms with Crippen LogP contribution in [0.1, 0.15) is 16.2 Å². The number of halogens is 2. The summed E-state index contributed by atoms with van der Waals surface area (Å²) in [4.78, 5) is 16.8. The molecule has 0 unspecified atom stereocenters. The minimum absolute atomic E-state index is 0.0839. The van der Waals surface area contributed by atoms with Crippen molar-refractivity contribution in [1.82, 2.24) is 30.0 Å². The molecular formula is C20H20Cl2N6O2. The van der Waals surface area contributed by atoms with Crippen molar-refractivity contribution in [1.29, 1.82) is 0 Å². The molecule has 1 saturated heterocycles. The van der Waals surface area contributed by atoms with Gasteiger partial charge in [-0.3, -0.25) is 9.69 Å². The number of carbonyl (C=O) groups is 1. The summed E-state index contributed by atoms with van der Waals surface area (Å²) in [6.45, 7) is 3.21. The molecule has 0 bridgehead atoms. The number of amides is 1. The lowest BCUT2D eigenvalue weighted by atomic mass is 10.1. The van der Waals surface area contributed by atoms with Gasteiger partial charge in [0.15, 0.2) is 5.82 Å². The first-order valence-corrected chi connectivity index (χ1v) is 10.2. The van der Waals surface area contributed by atoms with E-state index >= 15 is 0 Å². The maximum atomic E-state index is 12.8. The number of aromatic nitrogens is 4. The number of methoxy groups -OCH3 is 1. The summed E-state index contributed by atoms with van der Waals surface area (Å²) in [5.74, 6) is 1.43. The largest absolute Gasteiger partial charge is 0.497 e. The Morgan fingerprint density at radius 2 is 1.80 bits per heavy atom. The molecule has 0 spiro atoms. The van der Waals surface area contributed by atoms with Crippen LogP contribution in [0.25, 0.3) is 5.69 Å². The molecule has 3 aromatic rings. The predicted molar refractivity (Wildman–Crippen MR) is 113 cm³/mol. The molecule has 1 fully saturated rings. The maximum Gasteiger partial charge on any atom is 0.255 e. The average molecular weight is 447 g/mol. The lowest BCUT2D eigenvalue weighted by Crippen LogP contribution is -2.48. The summed E-state index contributed by atoms with van der Waals surface area (Å²) in [6, 6.07) is 12.5. The normalized spacial score (nSPS) is 14.7. The molecule has 1 aromatic heterocycles. The molecule has 156 valence electrons. The molecule has 1 amide bonds. The van der Waals surface area contributed by atoms with Crippen molar-refractivity contribution in [2.75, 3.05) is 33.3 Å². The number of hydrogen-bond acceptors (Lipinski definition) is 6. The lowest BCUT2D eigenvalue weighted by Gasteiger charge is -2.34. The fraction of sp³-hybridized carbons (Fsp3) is 0.300. The second kappa shape index (κ2) is 8.99. The van der Waals surface area contributed by atoms with Crippen LogP contribution in [-0.4, -0.2) is 69.2 Å². The van der Waals surface area contributed by atoms with E-state index in [0.29, 0.717) is 48.3 Å². The number of rotatable bonds is 5. The van der Waals surface area contributed by atoms with Gasteiger partial charge in [-0.15, -0.1) is 5.10 Å². The van der Waals surface area contributed by atoms with Gasteiger partial charge in [0.05, 0.1) is 29.9 Å².